The van der Waals surface area contributed by atoms with Gasteiger partial charge in [0.1, 0.15) is 0 Å². The van der Waals surface area contributed by atoms with Gasteiger partial charge in [-0.25, -0.2) is 0 Å². The van der Waals surface area contributed by atoms with Crippen molar-refractivity contribution in [3.63, 3.8) is 0 Å². The molecular weight excluding hydrogens is 357 g/mol. The van der Waals surface area contributed by atoms with Gasteiger partial charge in [-0.2, -0.15) is 0 Å². The van der Waals surface area contributed by atoms with E-state index in [1.54, 1.807) is 7.11 Å². The van der Waals surface area contributed by atoms with Crippen molar-refractivity contribution in [2.75, 3.05) is 40.0 Å². The van der Waals surface area contributed by atoms with Crippen LogP contribution in [0.1, 0.15) is 12.0 Å². The van der Waals surface area contributed by atoms with E-state index >= 15 is 0 Å². The number of methoxy groups -OCH3 is 1. The first-order chi connectivity index (χ1) is 9.20. The maximum atomic E-state index is 9.80. The standard InChI is InChI=1S/C14H20INO3/c1-18-13-10-11(9-12(15)14(13)17)3-2-4-16-5-7-19-8-6-16/h9-10,17H,2-8H2,1H3. The molecule has 0 saturated carbocycles. The average Bonchev–Trinajstić information content (AvgIpc) is 2.43. The Kier molecular flexibility index (Phi) is 5.72. The van der Waals surface area contributed by atoms with Gasteiger partial charge in [0.15, 0.2) is 11.5 Å². The molecular formula is C14H20INO3. The Balaban J connectivity index is 1.86. The molecule has 0 unspecified atom stereocenters. The number of nitrogens with zero attached hydrogens (tertiary/aromatic N) is 1. The van der Waals surface area contributed by atoms with Crippen molar-refractivity contribution < 1.29 is 14.6 Å². The van der Waals surface area contributed by atoms with Gasteiger partial charge in [-0.15, -0.1) is 0 Å². The van der Waals surface area contributed by atoms with Crippen molar-refractivity contribution >= 4 is 22.6 Å². The van der Waals surface area contributed by atoms with Crippen LogP contribution in [0.4, 0.5) is 0 Å². The quantitative estimate of drug-likeness (QED) is 0.800. The molecule has 0 atom stereocenters. The first kappa shape index (κ1) is 14.9. The monoisotopic (exact) mass is 377 g/mol. The van der Waals surface area contributed by atoms with Crippen molar-refractivity contribution in [1.82, 2.24) is 4.90 Å². The molecule has 1 aromatic carbocycles. The lowest BCUT2D eigenvalue weighted by Gasteiger charge is -2.26. The SMILES string of the molecule is COc1cc(CCCN2CCOCC2)cc(I)c1O. The van der Waals surface area contributed by atoms with Crippen molar-refractivity contribution in [2.45, 2.75) is 12.8 Å². The van der Waals surface area contributed by atoms with Crippen LogP contribution in [0.15, 0.2) is 12.1 Å². The zero-order valence-corrected chi connectivity index (χ0v) is 13.4. The van der Waals surface area contributed by atoms with Crippen LogP contribution in [0.25, 0.3) is 0 Å². The minimum atomic E-state index is 0.236. The fraction of sp³-hybridized carbons (Fsp3) is 0.571. The van der Waals surface area contributed by atoms with E-state index in [9.17, 15) is 5.11 Å². The molecule has 19 heavy (non-hydrogen) atoms. The predicted molar refractivity (Wildman–Crippen MR) is 83.0 cm³/mol. The van der Waals surface area contributed by atoms with Crippen LogP contribution in [0, 0.1) is 3.57 Å². The van der Waals surface area contributed by atoms with E-state index in [-0.39, 0.29) is 5.75 Å². The highest BCUT2D eigenvalue weighted by atomic mass is 127. The van der Waals surface area contributed by atoms with Crippen LogP contribution in [0.2, 0.25) is 0 Å². The Hall–Kier alpha value is -0.530. The number of ether oxygens (including phenoxy) is 2. The van der Waals surface area contributed by atoms with Crippen molar-refractivity contribution in [1.29, 1.82) is 0 Å². The number of phenols is 1. The third kappa shape index (κ3) is 4.22. The van der Waals surface area contributed by atoms with E-state index in [2.05, 4.69) is 27.5 Å². The largest absolute Gasteiger partial charge is 0.504 e. The van der Waals surface area contributed by atoms with Gasteiger partial charge in [0, 0.05) is 13.1 Å². The molecule has 5 heteroatoms. The second-order valence-corrected chi connectivity index (χ2v) is 5.85. The Bertz CT molecular complexity index is 419. The molecule has 0 spiro atoms. The van der Waals surface area contributed by atoms with E-state index in [0.717, 1.165) is 49.3 Å². The Morgan fingerprint density at radius 2 is 2.11 bits per heavy atom. The molecule has 1 aliphatic rings. The molecule has 1 heterocycles. The topological polar surface area (TPSA) is 41.9 Å². The second-order valence-electron chi connectivity index (χ2n) is 4.69. The number of aryl methyl sites for hydroxylation is 1. The van der Waals surface area contributed by atoms with Gasteiger partial charge in [0.05, 0.1) is 23.9 Å². The van der Waals surface area contributed by atoms with Gasteiger partial charge in [-0.3, -0.25) is 4.90 Å². The van der Waals surface area contributed by atoms with Crippen molar-refractivity contribution in [3.8, 4) is 11.5 Å². The first-order valence-electron chi connectivity index (χ1n) is 6.56. The average molecular weight is 377 g/mol. The fourth-order valence-corrected chi connectivity index (χ4v) is 2.92. The van der Waals surface area contributed by atoms with Crippen LogP contribution in [0.3, 0.4) is 0 Å². The number of hydrogen-bond acceptors (Lipinski definition) is 4. The number of rotatable bonds is 5. The summed E-state index contributed by atoms with van der Waals surface area (Å²) in [5.74, 6) is 0.799. The summed E-state index contributed by atoms with van der Waals surface area (Å²) in [6.07, 6.45) is 2.12. The summed E-state index contributed by atoms with van der Waals surface area (Å²) < 4.78 is 11.4. The number of hydrogen-bond donors (Lipinski definition) is 1. The van der Waals surface area contributed by atoms with Crippen LogP contribution < -0.4 is 4.74 Å². The molecule has 1 saturated heterocycles. The van der Waals surface area contributed by atoms with E-state index < -0.39 is 0 Å². The van der Waals surface area contributed by atoms with Crippen molar-refractivity contribution in [3.05, 3.63) is 21.3 Å². The zero-order valence-electron chi connectivity index (χ0n) is 11.2. The molecule has 2 rings (SSSR count). The highest BCUT2D eigenvalue weighted by Gasteiger charge is 2.11. The molecule has 0 bridgehead atoms. The highest BCUT2D eigenvalue weighted by molar-refractivity contribution is 14.1. The molecule has 0 amide bonds. The zero-order chi connectivity index (χ0) is 13.7. The predicted octanol–water partition coefficient (Wildman–Crippen LogP) is 2.27. The van der Waals surface area contributed by atoms with E-state index in [0.29, 0.717) is 5.75 Å². The van der Waals surface area contributed by atoms with Crippen LogP contribution in [0.5, 0.6) is 11.5 Å². The minimum Gasteiger partial charge on any atom is -0.504 e. The maximum Gasteiger partial charge on any atom is 0.171 e. The Labute approximate surface area is 127 Å². The lowest BCUT2D eigenvalue weighted by molar-refractivity contribution is 0.0374. The number of aromatic hydroxyl groups is 1. The smallest absolute Gasteiger partial charge is 0.171 e. The summed E-state index contributed by atoms with van der Waals surface area (Å²) in [5.41, 5.74) is 1.22. The van der Waals surface area contributed by atoms with Gasteiger partial charge in [-0.1, -0.05) is 0 Å². The number of halogens is 1. The maximum absolute atomic E-state index is 9.80. The summed E-state index contributed by atoms with van der Waals surface area (Å²) >= 11 is 2.14. The summed E-state index contributed by atoms with van der Waals surface area (Å²) in [7, 11) is 1.59. The van der Waals surface area contributed by atoms with Crippen LogP contribution in [-0.4, -0.2) is 50.0 Å². The molecule has 0 aromatic heterocycles. The molecule has 0 aliphatic carbocycles. The second kappa shape index (κ2) is 7.31. The molecule has 1 aromatic rings. The Morgan fingerprint density at radius 1 is 1.37 bits per heavy atom. The molecule has 106 valence electrons. The van der Waals surface area contributed by atoms with Gasteiger partial charge in [0.25, 0.3) is 0 Å². The summed E-state index contributed by atoms with van der Waals surface area (Å²) in [6, 6.07) is 3.95. The van der Waals surface area contributed by atoms with Crippen LogP contribution in [-0.2, 0) is 11.2 Å². The lowest BCUT2D eigenvalue weighted by Crippen LogP contribution is -2.36. The van der Waals surface area contributed by atoms with E-state index in [1.807, 2.05) is 12.1 Å². The van der Waals surface area contributed by atoms with Crippen molar-refractivity contribution in [2.24, 2.45) is 0 Å². The number of phenolic OH excluding ortho intramolecular Hbond substituents is 1. The minimum absolute atomic E-state index is 0.236. The van der Waals surface area contributed by atoms with Gasteiger partial charge in [-0.05, 0) is 59.7 Å². The number of benzene rings is 1. The Morgan fingerprint density at radius 3 is 2.79 bits per heavy atom. The molecule has 1 aliphatic heterocycles. The summed E-state index contributed by atoms with van der Waals surface area (Å²) in [4.78, 5) is 2.44. The highest BCUT2D eigenvalue weighted by Crippen LogP contribution is 2.32. The van der Waals surface area contributed by atoms with Gasteiger partial charge in [0.2, 0.25) is 0 Å². The molecule has 1 fully saturated rings. The van der Waals surface area contributed by atoms with Gasteiger partial charge >= 0.3 is 0 Å². The lowest BCUT2D eigenvalue weighted by atomic mass is 10.1. The fourth-order valence-electron chi connectivity index (χ4n) is 2.26. The molecule has 0 radical (unpaired) electrons. The van der Waals surface area contributed by atoms with E-state index in [4.69, 9.17) is 9.47 Å². The number of morpholine rings is 1. The molecule has 4 nitrogen and oxygen atoms in total. The van der Waals surface area contributed by atoms with E-state index in [1.165, 1.54) is 5.56 Å². The normalized spacial score (nSPS) is 16.5. The third-order valence-corrected chi connectivity index (χ3v) is 4.17. The van der Waals surface area contributed by atoms with Gasteiger partial charge < -0.3 is 14.6 Å². The third-order valence-electron chi connectivity index (χ3n) is 3.35. The summed E-state index contributed by atoms with van der Waals surface area (Å²) in [6.45, 7) is 4.88. The van der Waals surface area contributed by atoms with Crippen LogP contribution >= 0.6 is 22.6 Å². The summed E-state index contributed by atoms with van der Waals surface area (Å²) in [5, 5.41) is 9.80. The first-order valence-corrected chi connectivity index (χ1v) is 7.64. The molecule has 1 N–H and O–H groups in total.